The SMILES string of the molecule is COc1cccc([C@@H]2CN(C(=O)c3oc(C)nc3C)C[C@H]2C(=O)O)c1OC. The van der Waals surface area contributed by atoms with Crippen LogP contribution in [0, 0.1) is 19.8 Å². The van der Waals surface area contributed by atoms with Gasteiger partial charge in [-0.1, -0.05) is 12.1 Å². The first-order valence-corrected chi connectivity index (χ1v) is 8.54. The van der Waals surface area contributed by atoms with Crippen LogP contribution in [0.25, 0.3) is 0 Å². The molecule has 1 fully saturated rings. The van der Waals surface area contributed by atoms with Gasteiger partial charge in [-0.25, -0.2) is 4.98 Å². The van der Waals surface area contributed by atoms with Crippen molar-refractivity contribution < 1.29 is 28.6 Å². The van der Waals surface area contributed by atoms with E-state index in [0.29, 0.717) is 28.6 Å². The Morgan fingerprint density at radius 1 is 1.22 bits per heavy atom. The highest BCUT2D eigenvalue weighted by molar-refractivity contribution is 5.93. The zero-order valence-electron chi connectivity index (χ0n) is 15.7. The molecule has 1 amide bonds. The average molecular weight is 374 g/mol. The third-order valence-corrected chi connectivity index (χ3v) is 4.85. The van der Waals surface area contributed by atoms with Crippen molar-refractivity contribution in [3.05, 3.63) is 41.1 Å². The maximum absolute atomic E-state index is 12.8. The smallest absolute Gasteiger partial charge is 0.308 e. The minimum atomic E-state index is -0.967. The summed E-state index contributed by atoms with van der Waals surface area (Å²) in [6, 6.07) is 5.33. The topological polar surface area (TPSA) is 102 Å². The van der Waals surface area contributed by atoms with Crippen LogP contribution in [-0.2, 0) is 4.79 Å². The van der Waals surface area contributed by atoms with Crippen molar-refractivity contribution in [1.29, 1.82) is 0 Å². The lowest BCUT2D eigenvalue weighted by Gasteiger charge is -2.20. The maximum Gasteiger partial charge on any atom is 0.308 e. The molecule has 0 unspecified atom stereocenters. The first kappa shape index (κ1) is 18.8. The lowest BCUT2D eigenvalue weighted by atomic mass is 9.88. The van der Waals surface area contributed by atoms with E-state index in [-0.39, 0.29) is 24.8 Å². The Morgan fingerprint density at radius 3 is 2.52 bits per heavy atom. The Labute approximate surface area is 156 Å². The molecule has 0 spiro atoms. The van der Waals surface area contributed by atoms with Gasteiger partial charge in [0.25, 0.3) is 5.91 Å². The number of carbonyl (C=O) groups is 2. The Bertz CT molecular complexity index is 875. The van der Waals surface area contributed by atoms with Gasteiger partial charge in [0.1, 0.15) is 0 Å². The molecule has 3 rings (SSSR count). The van der Waals surface area contributed by atoms with Crippen LogP contribution in [0.5, 0.6) is 11.5 Å². The van der Waals surface area contributed by atoms with Crippen LogP contribution in [0.1, 0.15) is 33.6 Å². The predicted molar refractivity (Wildman–Crippen MR) is 95.3 cm³/mol. The van der Waals surface area contributed by atoms with E-state index >= 15 is 0 Å². The molecule has 0 radical (unpaired) electrons. The molecule has 1 aliphatic heterocycles. The summed E-state index contributed by atoms with van der Waals surface area (Å²) in [6.07, 6.45) is 0. The summed E-state index contributed by atoms with van der Waals surface area (Å²) in [6.45, 7) is 3.67. The molecule has 1 aromatic carbocycles. The van der Waals surface area contributed by atoms with Gasteiger partial charge in [0, 0.05) is 31.5 Å². The summed E-state index contributed by atoms with van der Waals surface area (Å²) in [5.74, 6) is -0.969. The van der Waals surface area contributed by atoms with Crippen molar-refractivity contribution in [3.8, 4) is 11.5 Å². The number of aliphatic carboxylic acids is 1. The van der Waals surface area contributed by atoms with E-state index in [1.165, 1.54) is 19.1 Å². The number of rotatable bonds is 5. The minimum Gasteiger partial charge on any atom is -0.493 e. The number of nitrogens with zero attached hydrogens (tertiary/aromatic N) is 2. The van der Waals surface area contributed by atoms with Crippen LogP contribution < -0.4 is 9.47 Å². The third kappa shape index (κ3) is 3.34. The average Bonchev–Trinajstić information content (AvgIpc) is 3.23. The van der Waals surface area contributed by atoms with Crippen LogP contribution in [0.3, 0.4) is 0 Å². The molecule has 1 N–H and O–H groups in total. The number of amides is 1. The highest BCUT2D eigenvalue weighted by Gasteiger charge is 2.43. The standard InChI is InChI=1S/C19H22N2O6/c1-10-16(27-11(2)20-10)18(22)21-8-13(14(9-21)19(23)24)12-6-5-7-15(25-3)17(12)26-4/h5-7,13-14H,8-9H2,1-4H3,(H,23,24)/t13-,14+/m0/s1. The first-order chi connectivity index (χ1) is 12.9. The molecule has 27 heavy (non-hydrogen) atoms. The molecule has 144 valence electrons. The molecule has 2 atom stereocenters. The molecule has 2 heterocycles. The summed E-state index contributed by atoms with van der Waals surface area (Å²) in [5.41, 5.74) is 1.19. The van der Waals surface area contributed by atoms with Crippen molar-refractivity contribution in [1.82, 2.24) is 9.88 Å². The second-order valence-electron chi connectivity index (χ2n) is 6.49. The quantitative estimate of drug-likeness (QED) is 0.856. The van der Waals surface area contributed by atoms with Crippen LogP contribution in [0.15, 0.2) is 22.6 Å². The molecular weight excluding hydrogens is 352 g/mol. The van der Waals surface area contributed by atoms with E-state index in [4.69, 9.17) is 13.9 Å². The predicted octanol–water partition coefficient (Wildman–Crippen LogP) is 2.25. The fraction of sp³-hybridized carbons (Fsp3) is 0.421. The number of para-hydroxylation sites is 1. The number of hydrogen-bond donors (Lipinski definition) is 1. The zero-order valence-corrected chi connectivity index (χ0v) is 15.7. The Balaban J connectivity index is 1.96. The van der Waals surface area contributed by atoms with Gasteiger partial charge in [-0.2, -0.15) is 0 Å². The summed E-state index contributed by atoms with van der Waals surface area (Å²) < 4.78 is 16.2. The van der Waals surface area contributed by atoms with Gasteiger partial charge < -0.3 is 23.9 Å². The number of carbonyl (C=O) groups excluding carboxylic acids is 1. The highest BCUT2D eigenvalue weighted by atomic mass is 16.5. The van der Waals surface area contributed by atoms with Gasteiger partial charge in [-0.15, -0.1) is 0 Å². The number of likely N-dealkylation sites (tertiary alicyclic amines) is 1. The van der Waals surface area contributed by atoms with E-state index in [1.807, 2.05) is 0 Å². The number of benzene rings is 1. The van der Waals surface area contributed by atoms with E-state index in [0.717, 1.165) is 0 Å². The van der Waals surface area contributed by atoms with Crippen LogP contribution in [-0.4, -0.2) is 54.2 Å². The van der Waals surface area contributed by atoms with Crippen molar-refractivity contribution in [2.75, 3.05) is 27.3 Å². The molecule has 1 aliphatic rings. The zero-order chi connectivity index (χ0) is 19.7. The lowest BCUT2D eigenvalue weighted by molar-refractivity contribution is -0.141. The number of methoxy groups -OCH3 is 2. The lowest BCUT2D eigenvalue weighted by Crippen LogP contribution is -2.30. The second-order valence-corrected chi connectivity index (χ2v) is 6.49. The summed E-state index contributed by atoms with van der Waals surface area (Å²) >= 11 is 0. The molecule has 2 aromatic rings. The van der Waals surface area contributed by atoms with Crippen molar-refractivity contribution in [3.63, 3.8) is 0 Å². The second kappa shape index (κ2) is 7.30. The number of aryl methyl sites for hydroxylation is 2. The first-order valence-electron chi connectivity index (χ1n) is 8.54. The molecule has 0 saturated carbocycles. The minimum absolute atomic E-state index is 0.0817. The van der Waals surface area contributed by atoms with Crippen LogP contribution >= 0.6 is 0 Å². The fourth-order valence-corrected chi connectivity index (χ4v) is 3.61. The molecule has 0 aliphatic carbocycles. The van der Waals surface area contributed by atoms with Crippen LogP contribution in [0.4, 0.5) is 0 Å². The van der Waals surface area contributed by atoms with Crippen molar-refractivity contribution in [2.45, 2.75) is 19.8 Å². The summed E-state index contributed by atoms with van der Waals surface area (Å²) in [7, 11) is 3.03. The Hall–Kier alpha value is -3.03. The van der Waals surface area contributed by atoms with Gasteiger partial charge in [0.2, 0.25) is 5.76 Å². The van der Waals surface area contributed by atoms with E-state index in [9.17, 15) is 14.7 Å². The number of carboxylic acid groups (broad SMARTS) is 1. The maximum atomic E-state index is 12.8. The number of carboxylic acids is 1. The third-order valence-electron chi connectivity index (χ3n) is 4.85. The van der Waals surface area contributed by atoms with Gasteiger partial charge in [0.15, 0.2) is 17.4 Å². The fourth-order valence-electron chi connectivity index (χ4n) is 3.61. The molecule has 0 bridgehead atoms. The van der Waals surface area contributed by atoms with E-state index in [1.54, 1.807) is 32.0 Å². The Kier molecular flexibility index (Phi) is 5.07. The van der Waals surface area contributed by atoms with Gasteiger partial charge in [-0.05, 0) is 13.0 Å². The van der Waals surface area contributed by atoms with Crippen LogP contribution in [0.2, 0.25) is 0 Å². The van der Waals surface area contributed by atoms with Gasteiger partial charge >= 0.3 is 5.97 Å². The Morgan fingerprint density at radius 2 is 1.96 bits per heavy atom. The number of oxazole rings is 1. The van der Waals surface area contributed by atoms with Gasteiger partial charge in [0.05, 0.1) is 25.8 Å². The largest absolute Gasteiger partial charge is 0.493 e. The van der Waals surface area contributed by atoms with E-state index < -0.39 is 17.8 Å². The molecule has 1 aromatic heterocycles. The summed E-state index contributed by atoms with van der Waals surface area (Å²) in [5, 5.41) is 9.72. The van der Waals surface area contributed by atoms with Gasteiger partial charge in [-0.3, -0.25) is 9.59 Å². The van der Waals surface area contributed by atoms with Crippen molar-refractivity contribution >= 4 is 11.9 Å². The monoisotopic (exact) mass is 374 g/mol. The van der Waals surface area contributed by atoms with E-state index in [2.05, 4.69) is 4.98 Å². The molecular formula is C19H22N2O6. The molecule has 1 saturated heterocycles. The normalized spacial score (nSPS) is 19.2. The number of aromatic nitrogens is 1. The number of hydrogen-bond acceptors (Lipinski definition) is 6. The van der Waals surface area contributed by atoms with Crippen molar-refractivity contribution in [2.24, 2.45) is 5.92 Å². The number of ether oxygens (including phenoxy) is 2. The molecule has 8 nitrogen and oxygen atoms in total. The highest BCUT2D eigenvalue weighted by Crippen LogP contribution is 2.42. The molecule has 8 heteroatoms. The summed E-state index contributed by atoms with van der Waals surface area (Å²) in [4.78, 5) is 30.3.